The largest absolute Gasteiger partial charge is 0.384 e. The molecule has 1 aromatic rings. The second-order valence-electron chi connectivity index (χ2n) is 3.50. The van der Waals surface area contributed by atoms with Crippen LogP contribution in [0.25, 0.3) is 0 Å². The molecule has 3 N–H and O–H groups in total. The summed E-state index contributed by atoms with van der Waals surface area (Å²) < 4.78 is 35.3. The lowest BCUT2D eigenvalue weighted by atomic mass is 10.3. The average molecular weight is 260 g/mol. The molecule has 0 radical (unpaired) electrons. The Morgan fingerprint density at radius 2 is 2.12 bits per heavy atom. The van der Waals surface area contributed by atoms with Crippen molar-refractivity contribution in [1.29, 1.82) is 0 Å². The molecule has 0 aliphatic carbocycles. The first-order chi connectivity index (χ1) is 7.89. The van der Waals surface area contributed by atoms with Gasteiger partial charge in [-0.1, -0.05) is 6.07 Å². The highest BCUT2D eigenvalue weighted by Crippen LogP contribution is 2.08. The van der Waals surface area contributed by atoms with Crippen molar-refractivity contribution >= 4 is 21.4 Å². The number of carbonyl (C=O) groups is 1. The molecule has 0 saturated heterocycles. The number of primary amides is 1. The molecule has 0 bridgehead atoms. The highest BCUT2D eigenvalue weighted by atomic mass is 32.2. The van der Waals surface area contributed by atoms with Crippen molar-refractivity contribution in [3.63, 3.8) is 0 Å². The van der Waals surface area contributed by atoms with E-state index >= 15 is 0 Å². The lowest BCUT2D eigenvalue weighted by molar-refractivity contribution is -0.115. The number of amides is 1. The van der Waals surface area contributed by atoms with Gasteiger partial charge in [0.2, 0.25) is 5.91 Å². The zero-order valence-electron chi connectivity index (χ0n) is 9.02. The van der Waals surface area contributed by atoms with Gasteiger partial charge in [-0.05, 0) is 18.2 Å². The van der Waals surface area contributed by atoms with Gasteiger partial charge in [-0.3, -0.25) is 4.79 Å². The smallest absolute Gasteiger partial charge is 0.232 e. The molecule has 1 rings (SSSR count). The van der Waals surface area contributed by atoms with E-state index in [1.54, 1.807) is 6.07 Å². The van der Waals surface area contributed by atoms with E-state index in [-0.39, 0.29) is 12.3 Å². The van der Waals surface area contributed by atoms with Crippen LogP contribution >= 0.6 is 0 Å². The van der Waals surface area contributed by atoms with Crippen LogP contribution in [0.15, 0.2) is 24.3 Å². The van der Waals surface area contributed by atoms with Crippen LogP contribution in [0.1, 0.15) is 0 Å². The summed E-state index contributed by atoms with van der Waals surface area (Å²) in [6.07, 6.45) is 0. The topological polar surface area (TPSA) is 89.3 Å². The van der Waals surface area contributed by atoms with Crippen LogP contribution in [0, 0.1) is 5.82 Å². The van der Waals surface area contributed by atoms with Crippen LogP contribution in [0.5, 0.6) is 0 Å². The number of anilines is 1. The van der Waals surface area contributed by atoms with E-state index in [1.165, 1.54) is 18.2 Å². The van der Waals surface area contributed by atoms with Gasteiger partial charge in [0.25, 0.3) is 0 Å². The minimum atomic E-state index is -3.49. The van der Waals surface area contributed by atoms with Gasteiger partial charge in [0.1, 0.15) is 11.6 Å². The molecule has 0 atom stereocenters. The fraction of sp³-hybridized carbons (Fsp3) is 0.300. The highest BCUT2D eigenvalue weighted by molar-refractivity contribution is 7.92. The number of rotatable bonds is 6. The van der Waals surface area contributed by atoms with Crippen LogP contribution < -0.4 is 11.1 Å². The van der Waals surface area contributed by atoms with E-state index in [4.69, 9.17) is 5.73 Å². The van der Waals surface area contributed by atoms with Gasteiger partial charge in [-0.15, -0.1) is 0 Å². The number of hydrogen-bond donors (Lipinski definition) is 2. The molecule has 0 unspecified atom stereocenters. The Morgan fingerprint density at radius 1 is 1.41 bits per heavy atom. The summed E-state index contributed by atoms with van der Waals surface area (Å²) in [5.74, 6) is -2.18. The molecule has 0 saturated carbocycles. The van der Waals surface area contributed by atoms with E-state index in [2.05, 4.69) is 5.32 Å². The lowest BCUT2D eigenvalue weighted by Crippen LogP contribution is -2.27. The van der Waals surface area contributed by atoms with Crippen molar-refractivity contribution in [2.45, 2.75) is 0 Å². The van der Waals surface area contributed by atoms with E-state index in [0.717, 1.165) is 0 Å². The number of carbonyl (C=O) groups excluding carboxylic acids is 1. The quantitative estimate of drug-likeness (QED) is 0.761. The Balaban J connectivity index is 2.45. The predicted molar refractivity (Wildman–Crippen MR) is 62.7 cm³/mol. The molecule has 0 aliphatic rings. The molecule has 1 aromatic carbocycles. The maximum Gasteiger partial charge on any atom is 0.232 e. The van der Waals surface area contributed by atoms with Crippen molar-refractivity contribution in [3.05, 3.63) is 30.1 Å². The van der Waals surface area contributed by atoms with Crippen LogP contribution in [0.2, 0.25) is 0 Å². The molecule has 1 amide bonds. The van der Waals surface area contributed by atoms with E-state index in [0.29, 0.717) is 5.69 Å². The van der Waals surface area contributed by atoms with Gasteiger partial charge in [-0.2, -0.15) is 0 Å². The summed E-state index contributed by atoms with van der Waals surface area (Å²) >= 11 is 0. The Morgan fingerprint density at radius 3 is 2.71 bits per heavy atom. The Kier molecular flexibility index (Phi) is 4.45. The maximum atomic E-state index is 12.8. The van der Waals surface area contributed by atoms with Crippen molar-refractivity contribution < 1.29 is 17.6 Å². The van der Waals surface area contributed by atoms with Gasteiger partial charge < -0.3 is 11.1 Å². The number of nitrogens with one attached hydrogen (secondary N) is 1. The van der Waals surface area contributed by atoms with Gasteiger partial charge in [0, 0.05) is 12.2 Å². The number of halogens is 1. The standard InChI is InChI=1S/C10H13FN2O3S/c11-8-2-1-3-9(6-8)13-4-5-17(15,16)7-10(12)14/h1-3,6,13H,4-5,7H2,(H2,12,14). The Labute approximate surface area is 98.7 Å². The molecule has 0 aliphatic heterocycles. The second-order valence-corrected chi connectivity index (χ2v) is 5.68. The molecule has 0 fully saturated rings. The van der Waals surface area contributed by atoms with Gasteiger partial charge in [0.05, 0.1) is 5.75 Å². The summed E-state index contributed by atoms with van der Waals surface area (Å²) in [5.41, 5.74) is 5.28. The third-order valence-corrected chi connectivity index (χ3v) is 3.48. The highest BCUT2D eigenvalue weighted by Gasteiger charge is 2.13. The monoisotopic (exact) mass is 260 g/mol. The van der Waals surface area contributed by atoms with Gasteiger partial charge in [-0.25, -0.2) is 12.8 Å². The first-order valence-corrected chi connectivity index (χ1v) is 6.69. The molecule has 0 heterocycles. The zero-order valence-corrected chi connectivity index (χ0v) is 9.84. The van der Waals surface area contributed by atoms with Crippen LogP contribution in [-0.2, 0) is 14.6 Å². The summed E-state index contributed by atoms with van der Waals surface area (Å²) in [4.78, 5) is 10.5. The molecule has 94 valence electrons. The lowest BCUT2D eigenvalue weighted by Gasteiger charge is -2.06. The summed E-state index contributed by atoms with van der Waals surface area (Å²) in [6.45, 7) is 0.0963. The molecule has 0 spiro atoms. The van der Waals surface area contributed by atoms with E-state index in [1.807, 2.05) is 0 Å². The van der Waals surface area contributed by atoms with Crippen molar-refractivity contribution in [3.8, 4) is 0 Å². The van der Waals surface area contributed by atoms with Gasteiger partial charge in [0.15, 0.2) is 9.84 Å². The summed E-state index contributed by atoms with van der Waals surface area (Å²) in [5, 5.41) is 2.74. The summed E-state index contributed by atoms with van der Waals surface area (Å²) in [6, 6.07) is 5.66. The molecule has 17 heavy (non-hydrogen) atoms. The normalized spacial score (nSPS) is 11.1. The molecular weight excluding hydrogens is 247 g/mol. The first-order valence-electron chi connectivity index (χ1n) is 4.87. The van der Waals surface area contributed by atoms with Crippen LogP contribution in [0.4, 0.5) is 10.1 Å². The molecular formula is C10H13FN2O3S. The second kappa shape index (κ2) is 5.62. The SMILES string of the molecule is NC(=O)CS(=O)(=O)CCNc1cccc(F)c1. The maximum absolute atomic E-state index is 12.8. The van der Waals surface area contributed by atoms with E-state index in [9.17, 15) is 17.6 Å². The minimum absolute atomic E-state index is 0.0963. The average Bonchev–Trinajstić information content (AvgIpc) is 2.15. The van der Waals surface area contributed by atoms with Crippen molar-refractivity contribution in [2.75, 3.05) is 23.4 Å². The van der Waals surface area contributed by atoms with Crippen molar-refractivity contribution in [2.24, 2.45) is 5.73 Å². The number of sulfone groups is 1. The zero-order chi connectivity index (χ0) is 12.9. The molecule has 5 nitrogen and oxygen atoms in total. The number of hydrogen-bond acceptors (Lipinski definition) is 4. The molecule has 7 heteroatoms. The van der Waals surface area contributed by atoms with Crippen LogP contribution in [-0.4, -0.2) is 32.4 Å². The van der Waals surface area contributed by atoms with Crippen molar-refractivity contribution in [1.82, 2.24) is 0 Å². The predicted octanol–water partition coefficient (Wildman–Crippen LogP) is 0.138. The number of benzene rings is 1. The summed E-state index contributed by atoms with van der Waals surface area (Å²) in [7, 11) is -3.49. The molecule has 0 aromatic heterocycles. The first kappa shape index (κ1) is 13.4. The van der Waals surface area contributed by atoms with Gasteiger partial charge >= 0.3 is 0 Å². The van der Waals surface area contributed by atoms with E-state index < -0.39 is 27.3 Å². The third-order valence-electron chi connectivity index (χ3n) is 1.93. The third kappa shape index (κ3) is 5.30. The minimum Gasteiger partial charge on any atom is -0.384 e. The Hall–Kier alpha value is -1.63. The fourth-order valence-corrected chi connectivity index (χ4v) is 2.23. The Bertz CT molecular complexity index is 502. The number of nitrogens with two attached hydrogens (primary N) is 1. The fourth-order valence-electron chi connectivity index (χ4n) is 1.24. The van der Waals surface area contributed by atoms with Crippen LogP contribution in [0.3, 0.4) is 0 Å².